The predicted molar refractivity (Wildman–Crippen MR) is 71.8 cm³/mol. The van der Waals surface area contributed by atoms with E-state index >= 15 is 0 Å². The minimum atomic E-state index is -0.408. The number of benzene rings is 1. The number of aromatic nitrogens is 2. The summed E-state index contributed by atoms with van der Waals surface area (Å²) in [6, 6.07) is 4.24. The van der Waals surface area contributed by atoms with Crippen molar-refractivity contribution < 1.29 is 4.39 Å². The summed E-state index contributed by atoms with van der Waals surface area (Å²) >= 11 is 7.57. The molecule has 2 aromatic rings. The first-order valence-corrected chi connectivity index (χ1v) is 6.86. The van der Waals surface area contributed by atoms with Crippen LogP contribution in [0.3, 0.4) is 0 Å². The molecule has 0 saturated heterocycles. The first kappa shape index (κ1) is 11.7. The molecule has 6 heteroatoms. The van der Waals surface area contributed by atoms with Crippen LogP contribution >= 0.6 is 23.4 Å². The van der Waals surface area contributed by atoms with E-state index in [0.717, 1.165) is 22.8 Å². The van der Waals surface area contributed by atoms with E-state index in [2.05, 4.69) is 9.97 Å². The van der Waals surface area contributed by atoms with E-state index in [9.17, 15) is 4.39 Å². The molecule has 3 rings (SSSR count). The molecule has 2 heterocycles. The van der Waals surface area contributed by atoms with E-state index in [-0.39, 0.29) is 0 Å². The fraction of sp³-hybridized carbons (Fsp3) is 0.167. The molecule has 92 valence electrons. The van der Waals surface area contributed by atoms with Gasteiger partial charge in [0.25, 0.3) is 0 Å². The van der Waals surface area contributed by atoms with Gasteiger partial charge in [-0.25, -0.2) is 14.4 Å². The maximum atomic E-state index is 13.3. The molecule has 0 unspecified atom stereocenters. The molecule has 1 aliphatic heterocycles. The van der Waals surface area contributed by atoms with Crippen LogP contribution in [0, 0.1) is 5.82 Å². The average molecular weight is 282 g/mol. The quantitative estimate of drug-likeness (QED) is 0.872. The van der Waals surface area contributed by atoms with Crippen molar-refractivity contribution in [1.82, 2.24) is 9.97 Å². The van der Waals surface area contributed by atoms with Gasteiger partial charge in [-0.2, -0.15) is 11.8 Å². The Morgan fingerprint density at radius 1 is 1.22 bits per heavy atom. The largest absolute Gasteiger partial charge is 0.383 e. The second kappa shape index (κ2) is 4.40. The first-order chi connectivity index (χ1) is 8.63. The van der Waals surface area contributed by atoms with Gasteiger partial charge >= 0.3 is 0 Å². The number of nitrogens with two attached hydrogens (primary N) is 1. The van der Waals surface area contributed by atoms with Crippen LogP contribution in [0.4, 0.5) is 10.2 Å². The van der Waals surface area contributed by atoms with Gasteiger partial charge in [-0.15, -0.1) is 0 Å². The lowest BCUT2D eigenvalue weighted by atomic mass is 10.2. The lowest BCUT2D eigenvalue weighted by Crippen LogP contribution is -2.03. The molecule has 18 heavy (non-hydrogen) atoms. The SMILES string of the molecule is Nc1nc(-c2cc(F)cc(Cl)c2)nc2c1CSC2. The minimum absolute atomic E-state index is 0.321. The number of anilines is 1. The molecule has 2 N–H and O–H groups in total. The minimum Gasteiger partial charge on any atom is -0.383 e. The van der Waals surface area contributed by atoms with Crippen molar-refractivity contribution >= 4 is 29.2 Å². The summed E-state index contributed by atoms with van der Waals surface area (Å²) in [6.45, 7) is 0. The molecule has 0 atom stereocenters. The van der Waals surface area contributed by atoms with Crippen LogP contribution < -0.4 is 5.73 Å². The molecule has 0 radical (unpaired) electrons. The van der Waals surface area contributed by atoms with Crippen molar-refractivity contribution in [2.45, 2.75) is 11.5 Å². The lowest BCUT2D eigenvalue weighted by Gasteiger charge is -2.06. The zero-order chi connectivity index (χ0) is 12.7. The number of thioether (sulfide) groups is 1. The third kappa shape index (κ3) is 2.04. The number of halogens is 2. The third-order valence-corrected chi connectivity index (χ3v) is 3.92. The first-order valence-electron chi connectivity index (χ1n) is 5.33. The number of nitrogen functional groups attached to an aromatic ring is 1. The van der Waals surface area contributed by atoms with Gasteiger partial charge in [-0.05, 0) is 18.2 Å². The van der Waals surface area contributed by atoms with Crippen LogP contribution in [0.5, 0.6) is 0 Å². The maximum Gasteiger partial charge on any atom is 0.161 e. The molecular weight excluding hydrogens is 273 g/mol. The van der Waals surface area contributed by atoms with Gasteiger partial charge in [0.15, 0.2) is 5.82 Å². The van der Waals surface area contributed by atoms with Crippen molar-refractivity contribution in [2.24, 2.45) is 0 Å². The Hall–Kier alpha value is -1.33. The average Bonchev–Trinajstić information content (AvgIpc) is 2.76. The summed E-state index contributed by atoms with van der Waals surface area (Å²) in [6.07, 6.45) is 0. The highest BCUT2D eigenvalue weighted by Gasteiger charge is 2.19. The number of fused-ring (bicyclic) bond motifs is 1. The Morgan fingerprint density at radius 3 is 2.83 bits per heavy atom. The molecule has 1 aromatic carbocycles. The van der Waals surface area contributed by atoms with Crippen molar-refractivity contribution in [3.63, 3.8) is 0 Å². The second-order valence-electron chi connectivity index (χ2n) is 4.01. The highest BCUT2D eigenvalue weighted by Crippen LogP contribution is 2.33. The number of hydrogen-bond donors (Lipinski definition) is 1. The van der Waals surface area contributed by atoms with E-state index in [0.29, 0.717) is 22.2 Å². The number of hydrogen-bond acceptors (Lipinski definition) is 4. The molecule has 1 aliphatic rings. The molecule has 0 aliphatic carbocycles. The summed E-state index contributed by atoms with van der Waals surface area (Å²) < 4.78 is 13.3. The third-order valence-electron chi connectivity index (χ3n) is 2.73. The molecule has 0 spiro atoms. The number of rotatable bonds is 1. The van der Waals surface area contributed by atoms with Crippen molar-refractivity contribution in [3.05, 3.63) is 40.3 Å². The highest BCUT2D eigenvalue weighted by atomic mass is 35.5. The van der Waals surface area contributed by atoms with Gasteiger partial charge < -0.3 is 5.73 Å². The fourth-order valence-electron chi connectivity index (χ4n) is 1.89. The molecule has 3 nitrogen and oxygen atoms in total. The van der Waals surface area contributed by atoms with Crippen LogP contribution in [0.1, 0.15) is 11.3 Å². The summed E-state index contributed by atoms with van der Waals surface area (Å²) in [5.41, 5.74) is 8.37. The van der Waals surface area contributed by atoms with Gasteiger partial charge in [0, 0.05) is 27.7 Å². The van der Waals surface area contributed by atoms with E-state index in [4.69, 9.17) is 17.3 Å². The van der Waals surface area contributed by atoms with Crippen LogP contribution in [-0.2, 0) is 11.5 Å². The van der Waals surface area contributed by atoms with Gasteiger partial charge in [-0.1, -0.05) is 11.6 Å². The zero-order valence-corrected chi connectivity index (χ0v) is 10.9. The zero-order valence-electron chi connectivity index (χ0n) is 9.28. The van der Waals surface area contributed by atoms with E-state index in [1.54, 1.807) is 17.8 Å². The molecule has 0 amide bonds. The topological polar surface area (TPSA) is 51.8 Å². The van der Waals surface area contributed by atoms with E-state index in [1.165, 1.54) is 12.1 Å². The summed E-state index contributed by atoms with van der Waals surface area (Å²) in [5.74, 6) is 2.15. The van der Waals surface area contributed by atoms with Crippen molar-refractivity contribution in [1.29, 1.82) is 0 Å². The Labute approximate surface area is 113 Å². The molecular formula is C12H9ClFN3S. The number of nitrogens with zero attached hydrogens (tertiary/aromatic N) is 2. The summed E-state index contributed by atoms with van der Waals surface area (Å²) in [5, 5.41) is 0.321. The summed E-state index contributed by atoms with van der Waals surface area (Å²) in [7, 11) is 0. The normalized spacial score (nSPS) is 13.7. The van der Waals surface area contributed by atoms with Gasteiger partial charge in [0.1, 0.15) is 11.6 Å². The van der Waals surface area contributed by atoms with Crippen molar-refractivity contribution in [2.75, 3.05) is 5.73 Å². The van der Waals surface area contributed by atoms with E-state index in [1.807, 2.05) is 0 Å². The van der Waals surface area contributed by atoms with Crippen LogP contribution in [0.15, 0.2) is 18.2 Å². The van der Waals surface area contributed by atoms with Gasteiger partial charge in [0.05, 0.1) is 5.69 Å². The summed E-state index contributed by atoms with van der Waals surface area (Å²) in [4.78, 5) is 8.65. The maximum absolute atomic E-state index is 13.3. The Balaban J connectivity index is 2.15. The standard InChI is InChI=1S/C12H9ClFN3S/c13-7-1-6(2-8(14)3-7)12-16-10-5-18-4-9(10)11(15)17-12/h1-3H,4-5H2,(H2,15,16,17). The van der Waals surface area contributed by atoms with Gasteiger partial charge in [-0.3, -0.25) is 0 Å². The molecule has 0 saturated carbocycles. The monoisotopic (exact) mass is 281 g/mol. The predicted octanol–water partition coefficient (Wildman–Crippen LogP) is 3.27. The molecule has 1 aromatic heterocycles. The highest BCUT2D eigenvalue weighted by molar-refractivity contribution is 7.98. The second-order valence-corrected chi connectivity index (χ2v) is 5.43. The molecule has 0 bridgehead atoms. The smallest absolute Gasteiger partial charge is 0.161 e. The Morgan fingerprint density at radius 2 is 2.06 bits per heavy atom. The van der Waals surface area contributed by atoms with E-state index < -0.39 is 5.82 Å². The van der Waals surface area contributed by atoms with Crippen LogP contribution in [0.25, 0.3) is 11.4 Å². The van der Waals surface area contributed by atoms with Crippen LogP contribution in [0.2, 0.25) is 5.02 Å². The lowest BCUT2D eigenvalue weighted by molar-refractivity contribution is 0.628. The van der Waals surface area contributed by atoms with Gasteiger partial charge in [0.2, 0.25) is 0 Å². The fourth-order valence-corrected chi connectivity index (χ4v) is 3.16. The Kier molecular flexibility index (Phi) is 2.87. The molecule has 0 fully saturated rings. The van der Waals surface area contributed by atoms with Crippen molar-refractivity contribution in [3.8, 4) is 11.4 Å². The van der Waals surface area contributed by atoms with Crippen LogP contribution in [-0.4, -0.2) is 9.97 Å². The Bertz CT molecular complexity index is 613.